The third-order valence-electron chi connectivity index (χ3n) is 4.81. The van der Waals surface area contributed by atoms with Crippen molar-refractivity contribution in [2.45, 2.75) is 12.1 Å². The molecule has 168 valence electrons. The standard InChI is InChI=1S/C24H20F2N4O2S/c1-15-7-10-17(11-8-15)30-23(18-5-3-4-6-21(18)32-2)28-29-24(30)33-14-22(31)27-20-13-16(25)9-12-19(20)26/h3-13H,14H2,1-2H3,(H,27,31). The quantitative estimate of drug-likeness (QED) is 0.376. The molecule has 0 unspecified atom stereocenters. The highest BCUT2D eigenvalue weighted by Crippen LogP contribution is 2.33. The molecule has 0 saturated heterocycles. The molecule has 0 aliphatic rings. The Labute approximate surface area is 193 Å². The fourth-order valence-corrected chi connectivity index (χ4v) is 3.96. The smallest absolute Gasteiger partial charge is 0.234 e. The van der Waals surface area contributed by atoms with E-state index in [-0.39, 0.29) is 11.4 Å². The lowest BCUT2D eigenvalue weighted by Gasteiger charge is -2.13. The maximum absolute atomic E-state index is 13.8. The van der Waals surface area contributed by atoms with Crippen molar-refractivity contribution in [2.75, 3.05) is 18.2 Å². The van der Waals surface area contributed by atoms with E-state index in [4.69, 9.17) is 4.74 Å². The van der Waals surface area contributed by atoms with E-state index in [1.165, 1.54) is 0 Å². The number of anilines is 1. The Hall–Kier alpha value is -3.72. The number of carbonyl (C=O) groups excluding carboxylic acids is 1. The van der Waals surface area contributed by atoms with Gasteiger partial charge in [0, 0.05) is 11.8 Å². The van der Waals surface area contributed by atoms with Gasteiger partial charge in [0.1, 0.15) is 17.4 Å². The summed E-state index contributed by atoms with van der Waals surface area (Å²) in [6, 6.07) is 18.1. The molecule has 6 nitrogen and oxygen atoms in total. The van der Waals surface area contributed by atoms with Crippen LogP contribution in [-0.4, -0.2) is 33.5 Å². The average Bonchev–Trinajstić information content (AvgIpc) is 3.24. The van der Waals surface area contributed by atoms with Gasteiger partial charge in [0.2, 0.25) is 5.91 Å². The van der Waals surface area contributed by atoms with E-state index in [1.54, 1.807) is 7.11 Å². The Morgan fingerprint density at radius 3 is 2.58 bits per heavy atom. The number of ether oxygens (including phenoxy) is 1. The van der Waals surface area contributed by atoms with Crippen molar-refractivity contribution in [2.24, 2.45) is 0 Å². The summed E-state index contributed by atoms with van der Waals surface area (Å²) in [7, 11) is 1.58. The van der Waals surface area contributed by atoms with Gasteiger partial charge in [0.05, 0.1) is 24.1 Å². The molecule has 4 rings (SSSR count). The number of hydrogen-bond donors (Lipinski definition) is 1. The molecule has 1 aromatic heterocycles. The summed E-state index contributed by atoms with van der Waals surface area (Å²) in [6.07, 6.45) is 0. The normalized spacial score (nSPS) is 10.8. The number of amides is 1. The van der Waals surface area contributed by atoms with Crippen LogP contribution in [0.25, 0.3) is 17.1 Å². The van der Waals surface area contributed by atoms with Gasteiger partial charge in [-0.2, -0.15) is 0 Å². The second kappa shape index (κ2) is 9.83. The Balaban J connectivity index is 1.64. The van der Waals surface area contributed by atoms with Crippen molar-refractivity contribution >= 4 is 23.4 Å². The minimum atomic E-state index is -0.712. The summed E-state index contributed by atoms with van der Waals surface area (Å²) in [5.41, 5.74) is 2.43. The molecule has 0 saturated carbocycles. The molecule has 1 heterocycles. The molecule has 0 atom stereocenters. The van der Waals surface area contributed by atoms with Crippen LogP contribution in [0.1, 0.15) is 5.56 Å². The van der Waals surface area contributed by atoms with Crippen LogP contribution in [0, 0.1) is 18.6 Å². The van der Waals surface area contributed by atoms with Crippen molar-refractivity contribution in [3.63, 3.8) is 0 Å². The predicted octanol–water partition coefficient (Wildman–Crippen LogP) is 5.26. The predicted molar refractivity (Wildman–Crippen MR) is 124 cm³/mol. The largest absolute Gasteiger partial charge is 0.496 e. The number of halogens is 2. The molecule has 9 heteroatoms. The molecule has 0 radical (unpaired) electrons. The summed E-state index contributed by atoms with van der Waals surface area (Å²) < 4.78 is 34.6. The molecule has 33 heavy (non-hydrogen) atoms. The van der Waals surface area contributed by atoms with Crippen LogP contribution in [0.15, 0.2) is 71.9 Å². The van der Waals surface area contributed by atoms with E-state index >= 15 is 0 Å². The van der Waals surface area contributed by atoms with Crippen LogP contribution in [0.4, 0.5) is 14.5 Å². The summed E-state index contributed by atoms with van der Waals surface area (Å²) in [4.78, 5) is 12.4. The second-order valence-electron chi connectivity index (χ2n) is 7.14. The van der Waals surface area contributed by atoms with Crippen molar-refractivity contribution in [1.82, 2.24) is 14.8 Å². The van der Waals surface area contributed by atoms with Crippen LogP contribution >= 0.6 is 11.8 Å². The third kappa shape index (κ3) is 5.04. The van der Waals surface area contributed by atoms with Gasteiger partial charge >= 0.3 is 0 Å². The molecule has 1 amide bonds. The SMILES string of the molecule is COc1ccccc1-c1nnc(SCC(=O)Nc2cc(F)ccc2F)n1-c1ccc(C)cc1. The van der Waals surface area contributed by atoms with Crippen molar-refractivity contribution < 1.29 is 18.3 Å². The number of benzene rings is 3. The number of methoxy groups -OCH3 is 1. The highest BCUT2D eigenvalue weighted by atomic mass is 32.2. The average molecular weight is 467 g/mol. The molecule has 3 aromatic carbocycles. The first kappa shape index (κ1) is 22.5. The van der Waals surface area contributed by atoms with E-state index in [0.29, 0.717) is 16.7 Å². The number of nitrogens with zero attached hydrogens (tertiary/aromatic N) is 3. The molecule has 0 aliphatic carbocycles. The number of rotatable bonds is 7. The fraction of sp³-hybridized carbons (Fsp3) is 0.125. The van der Waals surface area contributed by atoms with Gasteiger partial charge in [-0.05, 0) is 43.3 Å². The lowest BCUT2D eigenvalue weighted by Crippen LogP contribution is -2.15. The molecule has 1 N–H and O–H groups in total. The highest BCUT2D eigenvalue weighted by Gasteiger charge is 2.20. The van der Waals surface area contributed by atoms with Gasteiger partial charge in [0.15, 0.2) is 11.0 Å². The molecule has 0 fully saturated rings. The molecular weight excluding hydrogens is 446 g/mol. The summed E-state index contributed by atoms with van der Waals surface area (Å²) in [5, 5.41) is 11.5. The topological polar surface area (TPSA) is 69.0 Å². The molecular formula is C24H20F2N4O2S. The number of aromatic nitrogens is 3. The van der Waals surface area contributed by atoms with Crippen LogP contribution in [0.5, 0.6) is 5.75 Å². The Morgan fingerprint density at radius 1 is 1.06 bits per heavy atom. The van der Waals surface area contributed by atoms with Crippen LogP contribution in [0.3, 0.4) is 0 Å². The third-order valence-corrected chi connectivity index (χ3v) is 5.74. The van der Waals surface area contributed by atoms with Gasteiger partial charge < -0.3 is 10.1 Å². The number of thioether (sulfide) groups is 1. The van der Waals surface area contributed by atoms with Gasteiger partial charge in [-0.3, -0.25) is 9.36 Å². The second-order valence-corrected chi connectivity index (χ2v) is 8.08. The lowest BCUT2D eigenvalue weighted by molar-refractivity contribution is -0.113. The Kier molecular flexibility index (Phi) is 6.69. The van der Waals surface area contributed by atoms with Crippen LogP contribution in [0.2, 0.25) is 0 Å². The lowest BCUT2D eigenvalue weighted by atomic mass is 10.1. The maximum Gasteiger partial charge on any atom is 0.234 e. The first-order chi connectivity index (χ1) is 16.0. The number of para-hydroxylation sites is 1. The zero-order chi connectivity index (χ0) is 23.4. The van der Waals surface area contributed by atoms with Gasteiger partial charge in [0.25, 0.3) is 0 Å². The van der Waals surface area contributed by atoms with Crippen molar-refractivity contribution in [3.8, 4) is 22.8 Å². The van der Waals surface area contributed by atoms with Crippen LogP contribution in [-0.2, 0) is 4.79 Å². The van der Waals surface area contributed by atoms with Gasteiger partial charge in [-0.1, -0.05) is 41.6 Å². The maximum atomic E-state index is 13.8. The molecule has 0 aliphatic heterocycles. The number of nitrogens with one attached hydrogen (secondary N) is 1. The van der Waals surface area contributed by atoms with E-state index in [9.17, 15) is 13.6 Å². The zero-order valence-electron chi connectivity index (χ0n) is 17.9. The van der Waals surface area contributed by atoms with Crippen LogP contribution < -0.4 is 10.1 Å². The number of hydrogen-bond acceptors (Lipinski definition) is 5. The summed E-state index contributed by atoms with van der Waals surface area (Å²) in [6.45, 7) is 1.99. The monoisotopic (exact) mass is 466 g/mol. The first-order valence-electron chi connectivity index (χ1n) is 10.00. The molecule has 0 spiro atoms. The molecule has 0 bridgehead atoms. The fourth-order valence-electron chi connectivity index (χ4n) is 3.20. The van der Waals surface area contributed by atoms with Gasteiger partial charge in [-0.15, -0.1) is 10.2 Å². The van der Waals surface area contributed by atoms with E-state index in [0.717, 1.165) is 46.8 Å². The van der Waals surface area contributed by atoms with E-state index < -0.39 is 17.5 Å². The van der Waals surface area contributed by atoms with Crippen molar-refractivity contribution in [1.29, 1.82) is 0 Å². The zero-order valence-corrected chi connectivity index (χ0v) is 18.7. The van der Waals surface area contributed by atoms with E-state index in [2.05, 4.69) is 15.5 Å². The Morgan fingerprint density at radius 2 is 1.82 bits per heavy atom. The van der Waals surface area contributed by atoms with E-state index in [1.807, 2.05) is 60.0 Å². The minimum absolute atomic E-state index is 0.0775. The highest BCUT2D eigenvalue weighted by molar-refractivity contribution is 7.99. The molecule has 4 aromatic rings. The summed E-state index contributed by atoms with van der Waals surface area (Å²) >= 11 is 1.13. The Bertz CT molecular complexity index is 1290. The number of aryl methyl sites for hydroxylation is 1. The number of carbonyl (C=O) groups is 1. The van der Waals surface area contributed by atoms with Gasteiger partial charge in [-0.25, -0.2) is 8.78 Å². The minimum Gasteiger partial charge on any atom is -0.496 e. The summed E-state index contributed by atoms with van der Waals surface area (Å²) in [5.74, 6) is -0.742. The first-order valence-corrected chi connectivity index (χ1v) is 11.0. The van der Waals surface area contributed by atoms with Crippen molar-refractivity contribution in [3.05, 3.63) is 83.9 Å².